The molecule has 1 atom stereocenters. The van der Waals surface area contributed by atoms with E-state index in [1.165, 1.54) is 11.1 Å². The molecule has 0 bridgehead atoms. The Hall–Kier alpha value is -3.55. The standard InChI is InChI=1S/C25H28N4O4/c30-24(31)14-19(18-4-3-16-7-10-32-22(16)13-18)12-21-15-23(29-28-21)33-11-8-20-6-5-17-2-1-9-26-25(17)27-20/h3-6,13,15,19H,1-2,7-12,14H2,(H,26,27)(H,28,29)(H,30,31). The molecule has 3 aromatic rings. The molecule has 0 radical (unpaired) electrons. The van der Waals surface area contributed by atoms with Crippen LogP contribution in [0.3, 0.4) is 0 Å². The van der Waals surface area contributed by atoms with Crippen LogP contribution in [0.2, 0.25) is 0 Å². The minimum Gasteiger partial charge on any atom is -0.493 e. The first-order chi connectivity index (χ1) is 16.1. The van der Waals surface area contributed by atoms with E-state index in [1.807, 2.05) is 24.3 Å². The zero-order valence-corrected chi connectivity index (χ0v) is 18.5. The van der Waals surface area contributed by atoms with Crippen LogP contribution in [0, 0.1) is 0 Å². The Morgan fingerprint density at radius 2 is 2.09 bits per heavy atom. The highest BCUT2D eigenvalue weighted by molar-refractivity contribution is 5.68. The lowest BCUT2D eigenvalue weighted by Crippen LogP contribution is -2.14. The van der Waals surface area contributed by atoms with Crippen molar-refractivity contribution in [3.8, 4) is 11.6 Å². The summed E-state index contributed by atoms with van der Waals surface area (Å²) in [4.78, 5) is 16.2. The summed E-state index contributed by atoms with van der Waals surface area (Å²) in [5.74, 6) is 1.35. The van der Waals surface area contributed by atoms with Crippen LogP contribution in [0.5, 0.6) is 11.6 Å². The van der Waals surface area contributed by atoms with Gasteiger partial charge in [-0.1, -0.05) is 18.2 Å². The van der Waals surface area contributed by atoms with E-state index in [9.17, 15) is 9.90 Å². The lowest BCUT2D eigenvalue weighted by atomic mass is 9.90. The third-order valence-electron chi connectivity index (χ3n) is 6.25. The van der Waals surface area contributed by atoms with Gasteiger partial charge in [-0.2, -0.15) is 0 Å². The van der Waals surface area contributed by atoms with E-state index in [2.05, 4.69) is 32.6 Å². The average molecular weight is 449 g/mol. The fourth-order valence-corrected chi connectivity index (χ4v) is 4.51. The number of nitrogens with zero attached hydrogens (tertiary/aromatic N) is 2. The van der Waals surface area contributed by atoms with E-state index in [0.717, 1.165) is 54.3 Å². The Morgan fingerprint density at radius 3 is 3.00 bits per heavy atom. The molecule has 0 fully saturated rings. The minimum atomic E-state index is -0.829. The molecule has 2 aliphatic heterocycles. The number of aromatic nitrogens is 3. The van der Waals surface area contributed by atoms with Gasteiger partial charge in [0.25, 0.3) is 0 Å². The fraction of sp³-hybridized carbons (Fsp3) is 0.400. The van der Waals surface area contributed by atoms with Gasteiger partial charge in [-0.05, 0) is 54.0 Å². The minimum absolute atomic E-state index is 0.0338. The van der Waals surface area contributed by atoms with E-state index >= 15 is 0 Å². The summed E-state index contributed by atoms with van der Waals surface area (Å²) in [5, 5.41) is 20.0. The maximum atomic E-state index is 11.5. The highest BCUT2D eigenvalue weighted by Gasteiger charge is 2.21. The highest BCUT2D eigenvalue weighted by atomic mass is 16.5. The molecular weight excluding hydrogens is 420 g/mol. The number of hydrogen-bond acceptors (Lipinski definition) is 6. The van der Waals surface area contributed by atoms with Gasteiger partial charge >= 0.3 is 5.97 Å². The number of fused-ring (bicyclic) bond motifs is 2. The number of carbonyl (C=O) groups is 1. The second-order valence-electron chi connectivity index (χ2n) is 8.64. The van der Waals surface area contributed by atoms with Crippen molar-refractivity contribution >= 4 is 11.8 Å². The molecule has 2 aliphatic rings. The van der Waals surface area contributed by atoms with Crippen LogP contribution >= 0.6 is 0 Å². The summed E-state index contributed by atoms with van der Waals surface area (Å²) in [5.41, 5.74) is 5.23. The summed E-state index contributed by atoms with van der Waals surface area (Å²) in [6, 6.07) is 12.1. The number of nitrogens with one attached hydrogen (secondary N) is 2. The van der Waals surface area contributed by atoms with Crippen molar-refractivity contribution in [2.45, 2.75) is 44.4 Å². The number of pyridine rings is 1. The largest absolute Gasteiger partial charge is 0.493 e. The number of aliphatic carboxylic acids is 1. The molecule has 2 aromatic heterocycles. The number of ether oxygens (including phenoxy) is 2. The Balaban J connectivity index is 1.19. The van der Waals surface area contributed by atoms with Crippen molar-refractivity contribution in [1.29, 1.82) is 0 Å². The van der Waals surface area contributed by atoms with Crippen molar-refractivity contribution < 1.29 is 19.4 Å². The number of rotatable bonds is 9. The van der Waals surface area contributed by atoms with Crippen molar-refractivity contribution in [1.82, 2.24) is 15.2 Å². The van der Waals surface area contributed by atoms with Crippen LogP contribution in [0.1, 0.15) is 46.8 Å². The van der Waals surface area contributed by atoms with E-state index < -0.39 is 5.97 Å². The molecule has 0 spiro atoms. The number of anilines is 1. The van der Waals surface area contributed by atoms with Gasteiger partial charge in [0.05, 0.1) is 19.6 Å². The van der Waals surface area contributed by atoms with Crippen LogP contribution < -0.4 is 14.8 Å². The molecule has 4 heterocycles. The van der Waals surface area contributed by atoms with E-state index in [0.29, 0.717) is 31.9 Å². The van der Waals surface area contributed by atoms with Gasteiger partial charge in [0.2, 0.25) is 5.88 Å². The molecule has 1 aromatic carbocycles. The van der Waals surface area contributed by atoms with Gasteiger partial charge in [-0.15, -0.1) is 5.10 Å². The zero-order chi connectivity index (χ0) is 22.6. The maximum Gasteiger partial charge on any atom is 0.303 e. The summed E-state index contributed by atoms with van der Waals surface area (Å²) < 4.78 is 11.5. The van der Waals surface area contributed by atoms with Crippen molar-refractivity contribution in [3.63, 3.8) is 0 Å². The Labute approximate surface area is 192 Å². The van der Waals surface area contributed by atoms with E-state index in [1.54, 1.807) is 0 Å². The SMILES string of the molecule is O=C(O)CC(Cc1cc(OCCc2ccc3c(n2)NCCC3)n[nH]1)c1ccc2c(c1)OCC2. The first-order valence-electron chi connectivity index (χ1n) is 11.5. The van der Waals surface area contributed by atoms with Crippen molar-refractivity contribution in [2.75, 3.05) is 25.1 Å². The number of H-pyrrole nitrogens is 1. The number of carboxylic acid groups (broad SMARTS) is 1. The molecule has 5 rings (SSSR count). The summed E-state index contributed by atoms with van der Waals surface area (Å²) >= 11 is 0. The predicted octanol–water partition coefficient (Wildman–Crippen LogP) is 3.52. The van der Waals surface area contributed by atoms with Gasteiger partial charge in [0.1, 0.15) is 11.6 Å². The van der Waals surface area contributed by atoms with Gasteiger partial charge in [-0.3, -0.25) is 9.89 Å². The molecule has 0 amide bonds. The number of carboxylic acids is 1. The fourth-order valence-electron chi connectivity index (χ4n) is 4.51. The maximum absolute atomic E-state index is 11.5. The summed E-state index contributed by atoms with van der Waals surface area (Å²) in [7, 11) is 0. The smallest absolute Gasteiger partial charge is 0.303 e. The molecule has 33 heavy (non-hydrogen) atoms. The van der Waals surface area contributed by atoms with Gasteiger partial charge in [0, 0.05) is 36.8 Å². The Bertz CT molecular complexity index is 1140. The second kappa shape index (κ2) is 9.52. The van der Waals surface area contributed by atoms with Crippen LogP contribution in [-0.4, -0.2) is 46.0 Å². The van der Waals surface area contributed by atoms with Gasteiger partial charge in [-0.25, -0.2) is 4.98 Å². The molecule has 3 N–H and O–H groups in total. The monoisotopic (exact) mass is 448 g/mol. The predicted molar refractivity (Wildman–Crippen MR) is 123 cm³/mol. The number of benzene rings is 1. The van der Waals surface area contributed by atoms with Gasteiger partial charge in [0.15, 0.2) is 0 Å². The van der Waals surface area contributed by atoms with Crippen LogP contribution in [-0.2, 0) is 30.5 Å². The van der Waals surface area contributed by atoms with Gasteiger partial charge < -0.3 is 19.9 Å². The number of hydrogen-bond donors (Lipinski definition) is 3. The van der Waals surface area contributed by atoms with E-state index in [4.69, 9.17) is 9.47 Å². The van der Waals surface area contributed by atoms with Crippen LogP contribution in [0.25, 0.3) is 0 Å². The first kappa shape index (κ1) is 21.3. The summed E-state index contributed by atoms with van der Waals surface area (Å²) in [6.45, 7) is 2.12. The van der Waals surface area contributed by atoms with Crippen molar-refractivity contribution in [2.24, 2.45) is 0 Å². The average Bonchev–Trinajstić information content (AvgIpc) is 3.47. The molecule has 0 aliphatic carbocycles. The van der Waals surface area contributed by atoms with E-state index in [-0.39, 0.29) is 12.3 Å². The van der Waals surface area contributed by atoms with Crippen LogP contribution in [0.15, 0.2) is 36.4 Å². The molecule has 8 heteroatoms. The number of aryl methyl sites for hydroxylation is 1. The lowest BCUT2D eigenvalue weighted by molar-refractivity contribution is -0.137. The van der Waals surface area contributed by atoms with Crippen LogP contribution in [0.4, 0.5) is 5.82 Å². The molecule has 8 nitrogen and oxygen atoms in total. The topological polar surface area (TPSA) is 109 Å². The third kappa shape index (κ3) is 5.10. The molecule has 172 valence electrons. The van der Waals surface area contributed by atoms with Crippen molar-refractivity contribution in [3.05, 3.63) is 64.5 Å². The Morgan fingerprint density at radius 1 is 1.18 bits per heavy atom. The molecule has 1 unspecified atom stereocenters. The zero-order valence-electron chi connectivity index (χ0n) is 18.5. The second-order valence-corrected chi connectivity index (χ2v) is 8.64. The summed E-state index contributed by atoms with van der Waals surface area (Å²) in [6.07, 6.45) is 4.37. The molecule has 0 saturated carbocycles. The highest BCUT2D eigenvalue weighted by Crippen LogP contribution is 2.32. The lowest BCUT2D eigenvalue weighted by Gasteiger charge is -2.17. The Kier molecular flexibility index (Phi) is 6.15. The third-order valence-corrected chi connectivity index (χ3v) is 6.25. The first-order valence-corrected chi connectivity index (χ1v) is 11.5. The molecule has 0 saturated heterocycles. The normalized spacial score (nSPS) is 15.2. The molecular formula is C25H28N4O4. The quantitative estimate of drug-likeness (QED) is 0.459. The number of aromatic amines is 1.